The van der Waals surface area contributed by atoms with E-state index < -0.39 is 17.7 Å². The van der Waals surface area contributed by atoms with Crippen LogP contribution in [0.25, 0.3) is 0 Å². The molecule has 0 radical (unpaired) electrons. The average molecular weight is 301 g/mol. The molecule has 0 heterocycles. The molecular formula is C16H31NO4. The van der Waals surface area contributed by atoms with Crippen molar-refractivity contribution in [2.24, 2.45) is 5.92 Å². The molecule has 1 rings (SSSR count). The zero-order valence-corrected chi connectivity index (χ0v) is 14.1. The van der Waals surface area contributed by atoms with Crippen LogP contribution < -0.4 is 5.32 Å². The molecule has 0 saturated heterocycles. The van der Waals surface area contributed by atoms with E-state index in [1.807, 2.05) is 0 Å². The van der Waals surface area contributed by atoms with E-state index in [0.29, 0.717) is 6.42 Å². The highest BCUT2D eigenvalue weighted by Gasteiger charge is 2.26. The average Bonchev–Trinajstić information content (AvgIpc) is 2.35. The van der Waals surface area contributed by atoms with Crippen molar-refractivity contribution in [1.29, 1.82) is 0 Å². The predicted molar refractivity (Wildman–Crippen MR) is 82.8 cm³/mol. The lowest BCUT2D eigenvalue weighted by molar-refractivity contribution is -0.154. The lowest BCUT2D eigenvalue weighted by atomic mass is 9.87. The summed E-state index contributed by atoms with van der Waals surface area (Å²) >= 11 is 0. The molecule has 0 aliphatic heterocycles. The predicted octanol–water partition coefficient (Wildman–Crippen LogP) is 2.41. The number of amides is 1. The second-order valence-corrected chi connectivity index (χ2v) is 6.53. The van der Waals surface area contributed by atoms with Gasteiger partial charge in [-0.2, -0.15) is 0 Å². The fraction of sp³-hybridized carbons (Fsp3) is 0.875. The summed E-state index contributed by atoms with van der Waals surface area (Å²) in [7, 11) is 0. The van der Waals surface area contributed by atoms with Crippen molar-refractivity contribution in [2.75, 3.05) is 6.54 Å². The van der Waals surface area contributed by atoms with Crippen molar-refractivity contribution >= 4 is 11.9 Å². The van der Waals surface area contributed by atoms with Crippen molar-refractivity contribution in [1.82, 2.24) is 5.32 Å². The zero-order chi connectivity index (χ0) is 16.5. The van der Waals surface area contributed by atoms with Crippen molar-refractivity contribution in [3.8, 4) is 0 Å². The number of aliphatic hydroxyl groups excluding tert-OH is 1. The van der Waals surface area contributed by atoms with Gasteiger partial charge in [-0.3, -0.25) is 9.59 Å². The van der Waals surface area contributed by atoms with Gasteiger partial charge in [0.25, 0.3) is 0 Å². The van der Waals surface area contributed by atoms with Crippen LogP contribution in [0.15, 0.2) is 0 Å². The SMILES string of the molecule is CC(C)(C)OC(=O)CNC(=O)C1CCCC(O)C1.CCC. The molecule has 1 fully saturated rings. The van der Waals surface area contributed by atoms with Crippen LogP contribution in [0.1, 0.15) is 66.7 Å². The maximum Gasteiger partial charge on any atom is 0.325 e. The number of carbonyl (C=O) groups is 2. The van der Waals surface area contributed by atoms with Gasteiger partial charge in [0.2, 0.25) is 5.91 Å². The van der Waals surface area contributed by atoms with Crippen LogP contribution in [0.5, 0.6) is 0 Å². The van der Waals surface area contributed by atoms with E-state index in [1.54, 1.807) is 20.8 Å². The van der Waals surface area contributed by atoms with Crippen LogP contribution in [-0.4, -0.2) is 35.2 Å². The van der Waals surface area contributed by atoms with Crippen molar-refractivity contribution in [2.45, 2.75) is 78.4 Å². The van der Waals surface area contributed by atoms with Gasteiger partial charge < -0.3 is 15.2 Å². The molecule has 2 atom stereocenters. The van der Waals surface area contributed by atoms with E-state index in [2.05, 4.69) is 19.2 Å². The zero-order valence-electron chi connectivity index (χ0n) is 14.1. The van der Waals surface area contributed by atoms with E-state index in [-0.39, 0.29) is 18.4 Å². The van der Waals surface area contributed by atoms with Gasteiger partial charge in [-0.15, -0.1) is 0 Å². The molecule has 0 aromatic heterocycles. The first-order valence-electron chi connectivity index (χ1n) is 7.87. The monoisotopic (exact) mass is 301 g/mol. The Morgan fingerprint density at radius 3 is 2.29 bits per heavy atom. The first-order valence-corrected chi connectivity index (χ1v) is 7.87. The van der Waals surface area contributed by atoms with Gasteiger partial charge in [-0.05, 0) is 40.0 Å². The minimum absolute atomic E-state index is 0.108. The Morgan fingerprint density at radius 2 is 1.81 bits per heavy atom. The standard InChI is InChI=1S/C13H23NO4.C3H8/c1-13(2,3)18-11(16)8-14-12(17)9-5-4-6-10(15)7-9;1-3-2/h9-10,15H,4-8H2,1-3H3,(H,14,17);3H2,1-2H3. The highest BCUT2D eigenvalue weighted by molar-refractivity contribution is 5.83. The Hall–Kier alpha value is -1.10. The number of hydrogen-bond acceptors (Lipinski definition) is 4. The lowest BCUT2D eigenvalue weighted by Gasteiger charge is -2.25. The molecule has 1 aliphatic carbocycles. The molecule has 0 bridgehead atoms. The van der Waals surface area contributed by atoms with Crippen LogP contribution in [0.3, 0.4) is 0 Å². The number of ether oxygens (including phenoxy) is 1. The summed E-state index contributed by atoms with van der Waals surface area (Å²) in [6.45, 7) is 9.49. The maximum absolute atomic E-state index is 11.8. The molecule has 0 spiro atoms. The molecule has 2 unspecified atom stereocenters. The number of hydrogen-bond donors (Lipinski definition) is 2. The topological polar surface area (TPSA) is 75.6 Å². The minimum Gasteiger partial charge on any atom is -0.459 e. The van der Waals surface area contributed by atoms with Crippen molar-refractivity contribution in [3.63, 3.8) is 0 Å². The fourth-order valence-electron chi connectivity index (χ4n) is 2.08. The Balaban J connectivity index is 0.00000122. The minimum atomic E-state index is -0.539. The molecule has 5 heteroatoms. The van der Waals surface area contributed by atoms with Crippen LogP contribution in [0.4, 0.5) is 0 Å². The Kier molecular flexibility index (Phi) is 9.26. The van der Waals surface area contributed by atoms with E-state index in [9.17, 15) is 14.7 Å². The number of aliphatic hydroxyl groups is 1. The van der Waals surface area contributed by atoms with Crippen molar-refractivity contribution < 1.29 is 19.4 Å². The smallest absolute Gasteiger partial charge is 0.325 e. The van der Waals surface area contributed by atoms with E-state index in [0.717, 1.165) is 19.3 Å². The molecular weight excluding hydrogens is 270 g/mol. The molecule has 2 N–H and O–H groups in total. The summed E-state index contributed by atoms with van der Waals surface area (Å²) in [6.07, 6.45) is 3.73. The summed E-state index contributed by atoms with van der Waals surface area (Å²) in [4.78, 5) is 23.2. The second kappa shape index (κ2) is 9.77. The molecule has 0 aromatic carbocycles. The van der Waals surface area contributed by atoms with Gasteiger partial charge in [0.1, 0.15) is 12.1 Å². The molecule has 1 amide bonds. The van der Waals surface area contributed by atoms with Crippen LogP contribution in [0.2, 0.25) is 0 Å². The molecule has 1 aliphatic rings. The molecule has 21 heavy (non-hydrogen) atoms. The third-order valence-electron chi connectivity index (χ3n) is 2.84. The summed E-state index contributed by atoms with van der Waals surface area (Å²) < 4.78 is 5.09. The van der Waals surface area contributed by atoms with Crippen LogP contribution >= 0.6 is 0 Å². The molecule has 5 nitrogen and oxygen atoms in total. The fourth-order valence-corrected chi connectivity index (χ4v) is 2.08. The quantitative estimate of drug-likeness (QED) is 0.785. The van der Waals surface area contributed by atoms with E-state index >= 15 is 0 Å². The Bertz CT molecular complexity index is 323. The Labute approximate surface area is 128 Å². The summed E-state index contributed by atoms with van der Waals surface area (Å²) in [5.41, 5.74) is -0.539. The van der Waals surface area contributed by atoms with Gasteiger partial charge in [0.05, 0.1) is 6.10 Å². The summed E-state index contributed by atoms with van der Waals surface area (Å²) in [5.74, 6) is -0.789. The number of nitrogens with one attached hydrogen (secondary N) is 1. The van der Waals surface area contributed by atoms with Crippen molar-refractivity contribution in [3.05, 3.63) is 0 Å². The summed E-state index contributed by atoms with van der Waals surface area (Å²) in [6, 6.07) is 0. The normalized spacial score (nSPS) is 21.8. The highest BCUT2D eigenvalue weighted by atomic mass is 16.6. The van der Waals surface area contributed by atoms with Gasteiger partial charge in [-0.1, -0.05) is 26.7 Å². The van der Waals surface area contributed by atoms with E-state index in [4.69, 9.17) is 4.74 Å². The van der Waals surface area contributed by atoms with Gasteiger partial charge >= 0.3 is 5.97 Å². The van der Waals surface area contributed by atoms with Gasteiger partial charge in [0, 0.05) is 5.92 Å². The Morgan fingerprint density at radius 1 is 1.24 bits per heavy atom. The lowest BCUT2D eigenvalue weighted by Crippen LogP contribution is -2.39. The number of esters is 1. The molecule has 1 saturated carbocycles. The second-order valence-electron chi connectivity index (χ2n) is 6.53. The third-order valence-corrected chi connectivity index (χ3v) is 2.84. The highest BCUT2D eigenvalue weighted by Crippen LogP contribution is 2.24. The molecule has 124 valence electrons. The number of rotatable bonds is 3. The van der Waals surface area contributed by atoms with Crippen LogP contribution in [0, 0.1) is 5.92 Å². The van der Waals surface area contributed by atoms with Gasteiger partial charge in [0.15, 0.2) is 0 Å². The van der Waals surface area contributed by atoms with Crippen LogP contribution in [-0.2, 0) is 14.3 Å². The first kappa shape index (κ1) is 19.9. The summed E-state index contributed by atoms with van der Waals surface area (Å²) in [5, 5.41) is 12.1. The molecule has 0 aromatic rings. The largest absolute Gasteiger partial charge is 0.459 e. The third kappa shape index (κ3) is 10.3. The van der Waals surface area contributed by atoms with Gasteiger partial charge in [-0.25, -0.2) is 0 Å². The van der Waals surface area contributed by atoms with E-state index in [1.165, 1.54) is 6.42 Å². The maximum atomic E-state index is 11.8. The first-order chi connectivity index (χ1) is 9.69. The number of carbonyl (C=O) groups excluding carboxylic acids is 2.